The smallest absolute Gasteiger partial charge is 0.172 e. The van der Waals surface area contributed by atoms with Crippen molar-refractivity contribution in [1.82, 2.24) is 15.0 Å². The van der Waals surface area contributed by atoms with E-state index in [9.17, 15) is 4.79 Å². The second-order valence-electron chi connectivity index (χ2n) is 2.71. The Kier molecular flexibility index (Phi) is 2.54. The molecule has 0 aliphatic rings. The lowest BCUT2D eigenvalue weighted by atomic mass is 10.3. The van der Waals surface area contributed by atoms with Crippen molar-refractivity contribution in [3.05, 3.63) is 11.4 Å². The largest absolute Gasteiger partial charge is 0.391 e. The second kappa shape index (κ2) is 3.44. The van der Waals surface area contributed by atoms with Crippen molar-refractivity contribution in [2.45, 2.75) is 26.5 Å². The lowest BCUT2D eigenvalue weighted by Gasteiger charge is -2.04. The molecule has 12 heavy (non-hydrogen) atoms. The monoisotopic (exact) mass is 169 g/mol. The lowest BCUT2D eigenvalue weighted by Crippen LogP contribution is -2.14. The van der Waals surface area contributed by atoms with E-state index in [1.807, 2.05) is 0 Å². The van der Waals surface area contributed by atoms with Crippen LogP contribution in [0.2, 0.25) is 0 Å². The van der Waals surface area contributed by atoms with Crippen LogP contribution in [0.3, 0.4) is 0 Å². The van der Waals surface area contributed by atoms with Crippen molar-refractivity contribution in [3.8, 4) is 0 Å². The highest BCUT2D eigenvalue weighted by atomic mass is 16.3. The fourth-order valence-electron chi connectivity index (χ4n) is 0.906. The molecule has 0 aliphatic carbocycles. The number of aldehydes is 1. The van der Waals surface area contributed by atoms with Gasteiger partial charge in [-0.3, -0.25) is 4.79 Å². The van der Waals surface area contributed by atoms with E-state index in [0.29, 0.717) is 24.2 Å². The number of nitrogens with zero attached hydrogens (tertiary/aromatic N) is 3. The van der Waals surface area contributed by atoms with Gasteiger partial charge in [0, 0.05) is 0 Å². The van der Waals surface area contributed by atoms with Crippen molar-refractivity contribution >= 4 is 6.29 Å². The molecule has 1 heterocycles. The van der Waals surface area contributed by atoms with Crippen LogP contribution >= 0.6 is 0 Å². The standard InChI is InChI=1S/C7H11N3O2/c1-5(12)3-10-6(2)7(4-11)8-9-10/h4-5,12H,3H2,1-2H3. The van der Waals surface area contributed by atoms with Gasteiger partial charge in [0.25, 0.3) is 0 Å². The van der Waals surface area contributed by atoms with E-state index in [1.165, 1.54) is 4.68 Å². The first kappa shape index (κ1) is 8.86. The molecule has 1 aromatic heterocycles. The minimum atomic E-state index is -0.482. The Balaban J connectivity index is 2.86. The van der Waals surface area contributed by atoms with Crippen molar-refractivity contribution in [3.63, 3.8) is 0 Å². The van der Waals surface area contributed by atoms with Gasteiger partial charge in [0.2, 0.25) is 0 Å². The zero-order chi connectivity index (χ0) is 9.14. The first-order valence-electron chi connectivity index (χ1n) is 3.68. The van der Waals surface area contributed by atoms with Gasteiger partial charge < -0.3 is 5.11 Å². The van der Waals surface area contributed by atoms with Crippen LogP contribution in [0.1, 0.15) is 23.1 Å². The molecular formula is C7H11N3O2. The Morgan fingerprint density at radius 1 is 1.75 bits per heavy atom. The van der Waals surface area contributed by atoms with E-state index in [0.717, 1.165) is 0 Å². The third-order valence-electron chi connectivity index (χ3n) is 1.57. The molecular weight excluding hydrogens is 158 g/mol. The number of rotatable bonds is 3. The molecule has 0 fully saturated rings. The number of aliphatic hydroxyl groups excluding tert-OH is 1. The minimum Gasteiger partial charge on any atom is -0.391 e. The number of hydrogen-bond donors (Lipinski definition) is 1. The third-order valence-corrected chi connectivity index (χ3v) is 1.57. The maximum atomic E-state index is 10.3. The molecule has 1 N–H and O–H groups in total. The van der Waals surface area contributed by atoms with Gasteiger partial charge in [-0.15, -0.1) is 5.10 Å². The molecule has 0 spiro atoms. The Morgan fingerprint density at radius 2 is 2.42 bits per heavy atom. The maximum absolute atomic E-state index is 10.3. The van der Waals surface area contributed by atoms with Gasteiger partial charge in [-0.05, 0) is 13.8 Å². The van der Waals surface area contributed by atoms with Crippen LogP contribution in [-0.4, -0.2) is 32.5 Å². The average Bonchev–Trinajstić information content (AvgIpc) is 2.32. The fourth-order valence-corrected chi connectivity index (χ4v) is 0.906. The summed E-state index contributed by atoms with van der Waals surface area (Å²) in [5, 5.41) is 16.4. The van der Waals surface area contributed by atoms with Gasteiger partial charge in [-0.2, -0.15) is 0 Å². The Hall–Kier alpha value is -1.23. The van der Waals surface area contributed by atoms with E-state index in [2.05, 4.69) is 10.3 Å². The summed E-state index contributed by atoms with van der Waals surface area (Å²) in [5.74, 6) is 0. The Bertz CT molecular complexity index is 280. The summed E-state index contributed by atoms with van der Waals surface area (Å²) in [6.07, 6.45) is 0.172. The first-order valence-corrected chi connectivity index (χ1v) is 3.68. The SMILES string of the molecule is Cc1c(C=O)nnn1CC(C)O. The molecule has 0 amide bonds. The van der Waals surface area contributed by atoms with Crippen LogP contribution in [0.15, 0.2) is 0 Å². The van der Waals surface area contributed by atoms with Crippen LogP contribution in [0.5, 0.6) is 0 Å². The van der Waals surface area contributed by atoms with Crippen molar-refractivity contribution < 1.29 is 9.90 Å². The Morgan fingerprint density at radius 3 is 2.83 bits per heavy atom. The topological polar surface area (TPSA) is 68.0 Å². The molecule has 0 saturated heterocycles. The molecule has 1 aromatic rings. The molecule has 1 rings (SSSR count). The molecule has 0 radical (unpaired) electrons. The number of hydrogen-bond acceptors (Lipinski definition) is 4. The minimum absolute atomic E-state index is 0.329. The van der Waals surface area contributed by atoms with E-state index in [1.54, 1.807) is 13.8 Å². The molecule has 5 nitrogen and oxygen atoms in total. The molecule has 5 heteroatoms. The van der Waals surface area contributed by atoms with Crippen LogP contribution in [-0.2, 0) is 6.54 Å². The maximum Gasteiger partial charge on any atom is 0.172 e. The van der Waals surface area contributed by atoms with E-state index < -0.39 is 6.10 Å². The number of carbonyl (C=O) groups excluding carboxylic acids is 1. The third kappa shape index (κ3) is 1.68. The zero-order valence-electron chi connectivity index (χ0n) is 7.06. The van der Waals surface area contributed by atoms with Crippen molar-refractivity contribution in [1.29, 1.82) is 0 Å². The molecule has 0 aromatic carbocycles. The molecule has 1 atom stereocenters. The van der Waals surface area contributed by atoms with E-state index >= 15 is 0 Å². The quantitative estimate of drug-likeness (QED) is 0.635. The van der Waals surface area contributed by atoms with Crippen LogP contribution in [0.25, 0.3) is 0 Å². The second-order valence-corrected chi connectivity index (χ2v) is 2.71. The van der Waals surface area contributed by atoms with Gasteiger partial charge in [-0.25, -0.2) is 4.68 Å². The molecule has 0 bridgehead atoms. The first-order chi connectivity index (χ1) is 5.65. The van der Waals surface area contributed by atoms with Gasteiger partial charge in [0.1, 0.15) is 5.69 Å². The summed E-state index contributed by atoms with van der Waals surface area (Å²) < 4.78 is 1.51. The highest BCUT2D eigenvalue weighted by Crippen LogP contribution is 2.01. The zero-order valence-corrected chi connectivity index (χ0v) is 7.06. The van der Waals surface area contributed by atoms with Gasteiger partial charge >= 0.3 is 0 Å². The van der Waals surface area contributed by atoms with Gasteiger partial charge in [0.05, 0.1) is 18.3 Å². The summed E-state index contributed by atoms with van der Waals surface area (Å²) in [6.45, 7) is 3.76. The summed E-state index contributed by atoms with van der Waals surface area (Å²) in [6, 6.07) is 0. The van der Waals surface area contributed by atoms with Gasteiger partial charge in [0.15, 0.2) is 6.29 Å². The highest BCUT2D eigenvalue weighted by Gasteiger charge is 2.08. The van der Waals surface area contributed by atoms with Gasteiger partial charge in [-0.1, -0.05) is 5.21 Å². The number of aliphatic hydroxyl groups is 1. The van der Waals surface area contributed by atoms with E-state index in [-0.39, 0.29) is 0 Å². The summed E-state index contributed by atoms with van der Waals surface area (Å²) in [5.41, 5.74) is 1.02. The molecule has 0 aliphatic heterocycles. The van der Waals surface area contributed by atoms with Crippen LogP contribution < -0.4 is 0 Å². The summed E-state index contributed by atoms with van der Waals surface area (Å²) >= 11 is 0. The number of aromatic nitrogens is 3. The summed E-state index contributed by atoms with van der Waals surface area (Å²) in [4.78, 5) is 10.3. The van der Waals surface area contributed by atoms with Crippen LogP contribution in [0.4, 0.5) is 0 Å². The average molecular weight is 169 g/mol. The molecule has 66 valence electrons. The normalized spacial score (nSPS) is 12.9. The fraction of sp³-hybridized carbons (Fsp3) is 0.571. The summed E-state index contributed by atoms with van der Waals surface area (Å²) in [7, 11) is 0. The highest BCUT2D eigenvalue weighted by molar-refractivity contribution is 5.72. The molecule has 1 unspecified atom stereocenters. The predicted octanol–water partition coefficient (Wildman–Crippen LogP) is -0.220. The predicted molar refractivity (Wildman–Crippen MR) is 41.8 cm³/mol. The van der Waals surface area contributed by atoms with E-state index in [4.69, 9.17) is 5.11 Å². The molecule has 0 saturated carbocycles. The Labute approximate surface area is 70.0 Å². The lowest BCUT2D eigenvalue weighted by molar-refractivity contribution is 0.111. The number of carbonyl (C=O) groups is 1. The van der Waals surface area contributed by atoms with Crippen molar-refractivity contribution in [2.24, 2.45) is 0 Å². The van der Waals surface area contributed by atoms with Crippen molar-refractivity contribution in [2.75, 3.05) is 0 Å². The van der Waals surface area contributed by atoms with Crippen LogP contribution in [0, 0.1) is 6.92 Å².